The predicted molar refractivity (Wildman–Crippen MR) is 111 cm³/mol. The average molecular weight is 401 g/mol. The van der Waals surface area contributed by atoms with Gasteiger partial charge in [0.1, 0.15) is 5.75 Å². The number of rotatable bonds is 6. The predicted octanol–water partition coefficient (Wildman–Crippen LogP) is 4.81. The Bertz CT molecular complexity index is 820. The fourth-order valence-electron chi connectivity index (χ4n) is 3.27. The van der Waals surface area contributed by atoms with E-state index in [0.29, 0.717) is 22.0 Å². The van der Waals surface area contributed by atoms with Crippen LogP contribution in [-0.4, -0.2) is 24.0 Å². The number of halogens is 1. The number of carbonyl (C=O) groups excluding carboxylic acids is 2. The van der Waals surface area contributed by atoms with Crippen LogP contribution in [0.15, 0.2) is 48.5 Å². The van der Waals surface area contributed by atoms with Gasteiger partial charge in [0.25, 0.3) is 11.8 Å². The quantitative estimate of drug-likeness (QED) is 0.731. The Morgan fingerprint density at radius 2 is 1.79 bits per heavy atom. The lowest BCUT2D eigenvalue weighted by molar-refractivity contribution is -0.122. The highest BCUT2D eigenvalue weighted by Crippen LogP contribution is 2.24. The minimum absolute atomic E-state index is 0.146. The van der Waals surface area contributed by atoms with Crippen LogP contribution < -0.4 is 15.4 Å². The summed E-state index contributed by atoms with van der Waals surface area (Å²) in [5.74, 6) is 0.125. The van der Waals surface area contributed by atoms with E-state index in [4.69, 9.17) is 16.3 Å². The Balaban J connectivity index is 1.63. The van der Waals surface area contributed by atoms with E-state index in [2.05, 4.69) is 10.6 Å². The van der Waals surface area contributed by atoms with Gasteiger partial charge < -0.3 is 15.4 Å². The molecule has 0 bridgehead atoms. The third kappa shape index (κ3) is 5.49. The SMILES string of the molecule is C[C@@H](Oc1ccccc1)C(=O)Nc1cc(C(=O)NC2CCCCC2)ccc1Cl. The molecule has 0 unspecified atom stereocenters. The molecular weight excluding hydrogens is 376 g/mol. The minimum Gasteiger partial charge on any atom is -0.481 e. The first-order valence-corrected chi connectivity index (χ1v) is 10.0. The van der Waals surface area contributed by atoms with Crippen molar-refractivity contribution in [2.24, 2.45) is 0 Å². The van der Waals surface area contributed by atoms with Crippen LogP contribution in [0.1, 0.15) is 49.4 Å². The highest BCUT2D eigenvalue weighted by atomic mass is 35.5. The number of carbonyl (C=O) groups is 2. The van der Waals surface area contributed by atoms with Crippen molar-refractivity contribution in [3.8, 4) is 5.75 Å². The Hall–Kier alpha value is -2.53. The number of hydrogen-bond acceptors (Lipinski definition) is 3. The Labute approximate surface area is 170 Å². The minimum atomic E-state index is -0.710. The van der Waals surface area contributed by atoms with Gasteiger partial charge in [0, 0.05) is 11.6 Å². The first-order valence-electron chi connectivity index (χ1n) is 9.66. The van der Waals surface area contributed by atoms with E-state index < -0.39 is 6.10 Å². The summed E-state index contributed by atoms with van der Waals surface area (Å²) in [7, 11) is 0. The molecule has 1 fully saturated rings. The zero-order chi connectivity index (χ0) is 19.9. The van der Waals surface area contributed by atoms with E-state index in [9.17, 15) is 9.59 Å². The van der Waals surface area contributed by atoms with Gasteiger partial charge in [-0.3, -0.25) is 9.59 Å². The Morgan fingerprint density at radius 3 is 2.50 bits per heavy atom. The normalized spacial score (nSPS) is 15.5. The topological polar surface area (TPSA) is 67.4 Å². The van der Waals surface area contributed by atoms with Crippen molar-refractivity contribution in [1.82, 2.24) is 5.32 Å². The number of para-hydroxylation sites is 1. The lowest BCUT2D eigenvalue weighted by Gasteiger charge is -2.23. The van der Waals surface area contributed by atoms with Crippen LogP contribution in [0.3, 0.4) is 0 Å². The van der Waals surface area contributed by atoms with E-state index >= 15 is 0 Å². The van der Waals surface area contributed by atoms with Gasteiger partial charge >= 0.3 is 0 Å². The number of ether oxygens (including phenoxy) is 1. The molecule has 2 aromatic carbocycles. The molecule has 1 atom stereocenters. The molecule has 0 radical (unpaired) electrons. The van der Waals surface area contributed by atoms with Gasteiger partial charge in [0.15, 0.2) is 6.10 Å². The first kappa shape index (κ1) is 20.2. The molecule has 0 saturated heterocycles. The molecule has 148 valence electrons. The second kappa shape index (κ2) is 9.60. The third-order valence-electron chi connectivity index (χ3n) is 4.85. The van der Waals surface area contributed by atoms with Crippen LogP contribution in [0.5, 0.6) is 5.75 Å². The maximum Gasteiger partial charge on any atom is 0.265 e. The zero-order valence-electron chi connectivity index (χ0n) is 15.9. The van der Waals surface area contributed by atoms with Gasteiger partial charge in [-0.25, -0.2) is 0 Å². The fourth-order valence-corrected chi connectivity index (χ4v) is 3.43. The molecule has 2 amide bonds. The van der Waals surface area contributed by atoms with Crippen molar-refractivity contribution in [3.63, 3.8) is 0 Å². The molecule has 5 nitrogen and oxygen atoms in total. The molecule has 1 saturated carbocycles. The lowest BCUT2D eigenvalue weighted by Crippen LogP contribution is -2.36. The summed E-state index contributed by atoms with van der Waals surface area (Å²) in [5, 5.41) is 6.19. The summed E-state index contributed by atoms with van der Waals surface area (Å²) >= 11 is 6.21. The molecule has 3 rings (SSSR count). The van der Waals surface area contributed by atoms with Gasteiger partial charge in [0.05, 0.1) is 10.7 Å². The second-order valence-electron chi connectivity index (χ2n) is 7.07. The van der Waals surface area contributed by atoms with E-state index in [1.54, 1.807) is 37.3 Å². The van der Waals surface area contributed by atoms with Crippen molar-refractivity contribution in [2.45, 2.75) is 51.2 Å². The molecule has 0 aromatic heterocycles. The van der Waals surface area contributed by atoms with Crippen LogP contribution in [-0.2, 0) is 4.79 Å². The smallest absolute Gasteiger partial charge is 0.265 e. The highest BCUT2D eigenvalue weighted by Gasteiger charge is 2.19. The van der Waals surface area contributed by atoms with Crippen LogP contribution in [0, 0.1) is 0 Å². The molecule has 1 aliphatic rings. The molecule has 6 heteroatoms. The highest BCUT2D eigenvalue weighted by molar-refractivity contribution is 6.34. The Morgan fingerprint density at radius 1 is 1.07 bits per heavy atom. The number of benzene rings is 2. The molecule has 0 heterocycles. The Kier molecular flexibility index (Phi) is 6.93. The average Bonchev–Trinajstić information content (AvgIpc) is 2.71. The summed E-state index contributed by atoms with van der Waals surface area (Å²) in [6, 6.07) is 14.2. The van der Waals surface area contributed by atoms with Gasteiger partial charge in [-0.15, -0.1) is 0 Å². The molecule has 2 aromatic rings. The largest absolute Gasteiger partial charge is 0.481 e. The van der Waals surface area contributed by atoms with Gasteiger partial charge in [0.2, 0.25) is 0 Å². The zero-order valence-corrected chi connectivity index (χ0v) is 16.7. The summed E-state index contributed by atoms with van der Waals surface area (Å²) in [5.41, 5.74) is 0.869. The van der Waals surface area contributed by atoms with Crippen molar-refractivity contribution in [2.75, 3.05) is 5.32 Å². The van der Waals surface area contributed by atoms with E-state index in [0.717, 1.165) is 25.7 Å². The fraction of sp³-hybridized carbons (Fsp3) is 0.364. The van der Waals surface area contributed by atoms with Crippen molar-refractivity contribution >= 4 is 29.1 Å². The van der Waals surface area contributed by atoms with E-state index in [1.807, 2.05) is 18.2 Å². The lowest BCUT2D eigenvalue weighted by atomic mass is 9.95. The maximum absolute atomic E-state index is 12.5. The molecule has 0 spiro atoms. The summed E-state index contributed by atoms with van der Waals surface area (Å²) < 4.78 is 5.63. The van der Waals surface area contributed by atoms with Crippen LogP contribution in [0.25, 0.3) is 0 Å². The van der Waals surface area contributed by atoms with Crippen LogP contribution >= 0.6 is 11.6 Å². The van der Waals surface area contributed by atoms with E-state index in [1.165, 1.54) is 6.42 Å². The summed E-state index contributed by atoms with van der Waals surface area (Å²) in [6.45, 7) is 1.66. The summed E-state index contributed by atoms with van der Waals surface area (Å²) in [6.07, 6.45) is 4.83. The number of amides is 2. The van der Waals surface area contributed by atoms with Crippen molar-refractivity contribution in [1.29, 1.82) is 0 Å². The maximum atomic E-state index is 12.5. The summed E-state index contributed by atoms with van der Waals surface area (Å²) in [4.78, 5) is 25.0. The van der Waals surface area contributed by atoms with Crippen LogP contribution in [0.2, 0.25) is 5.02 Å². The number of hydrogen-bond donors (Lipinski definition) is 2. The molecule has 0 aliphatic heterocycles. The molecule has 1 aliphatic carbocycles. The van der Waals surface area contributed by atoms with Gasteiger partial charge in [-0.2, -0.15) is 0 Å². The molecule has 2 N–H and O–H groups in total. The second-order valence-corrected chi connectivity index (χ2v) is 7.47. The number of nitrogens with one attached hydrogen (secondary N) is 2. The number of anilines is 1. The molecular formula is C22H25ClN2O3. The van der Waals surface area contributed by atoms with Crippen molar-refractivity contribution < 1.29 is 14.3 Å². The van der Waals surface area contributed by atoms with Crippen molar-refractivity contribution in [3.05, 3.63) is 59.1 Å². The van der Waals surface area contributed by atoms with E-state index in [-0.39, 0.29) is 17.9 Å². The monoisotopic (exact) mass is 400 g/mol. The molecule has 28 heavy (non-hydrogen) atoms. The standard InChI is InChI=1S/C22H25ClN2O3/c1-15(28-18-10-6-3-7-11-18)21(26)25-20-14-16(12-13-19(20)23)22(27)24-17-8-4-2-5-9-17/h3,6-7,10-15,17H,2,4-5,8-9H2,1H3,(H,24,27)(H,25,26)/t15-/m1/s1. The van der Waals surface area contributed by atoms with Gasteiger partial charge in [-0.1, -0.05) is 49.1 Å². The van der Waals surface area contributed by atoms with Gasteiger partial charge in [-0.05, 0) is 50.1 Å². The van der Waals surface area contributed by atoms with Crippen LogP contribution in [0.4, 0.5) is 5.69 Å². The first-order chi connectivity index (χ1) is 13.5. The third-order valence-corrected chi connectivity index (χ3v) is 5.18.